The van der Waals surface area contributed by atoms with Gasteiger partial charge in [0.05, 0.1) is 12.1 Å². The molecule has 1 aliphatic rings. The molecule has 2 heterocycles. The lowest BCUT2D eigenvalue weighted by Gasteiger charge is -2.42. The zero-order chi connectivity index (χ0) is 18.0. The summed E-state index contributed by atoms with van der Waals surface area (Å²) < 4.78 is 13.2. The number of hydrogen-bond donors (Lipinski definition) is 1. The molecule has 2 aromatic rings. The third kappa shape index (κ3) is 4.11. The number of aromatic amines is 1. The maximum atomic E-state index is 12.7. The highest BCUT2D eigenvalue weighted by Crippen LogP contribution is 2.23. The Morgan fingerprint density at radius 3 is 2.72 bits per heavy atom. The predicted octanol–water partition coefficient (Wildman–Crippen LogP) is 1.41. The van der Waals surface area contributed by atoms with E-state index in [1.54, 1.807) is 11.9 Å². The van der Waals surface area contributed by atoms with Crippen molar-refractivity contribution in [2.24, 2.45) is 7.05 Å². The van der Waals surface area contributed by atoms with Crippen LogP contribution < -0.4 is 10.4 Å². The molecule has 1 N–H and O–H groups in total. The number of imidazole rings is 1. The second-order valence-electron chi connectivity index (χ2n) is 6.89. The number of morpholine rings is 1. The molecule has 0 saturated carbocycles. The Morgan fingerprint density at radius 2 is 2.08 bits per heavy atom. The van der Waals surface area contributed by atoms with Gasteiger partial charge in [-0.25, -0.2) is 4.79 Å². The SMILES string of the molecule is Cn1cc(C(=O)N2CC(COc3ccccc3)OC(C)(C)C2)[nH]c1=O. The van der Waals surface area contributed by atoms with Crippen LogP contribution >= 0.6 is 0 Å². The number of para-hydroxylation sites is 1. The number of ether oxygens (including phenoxy) is 2. The molecule has 1 aliphatic heterocycles. The molecule has 134 valence electrons. The molecule has 1 unspecified atom stereocenters. The topological polar surface area (TPSA) is 76.6 Å². The number of aryl methyl sites for hydroxylation is 1. The molecule has 1 aromatic heterocycles. The smallest absolute Gasteiger partial charge is 0.325 e. The van der Waals surface area contributed by atoms with E-state index in [9.17, 15) is 9.59 Å². The second kappa shape index (κ2) is 6.76. The Morgan fingerprint density at radius 1 is 1.36 bits per heavy atom. The van der Waals surface area contributed by atoms with Crippen LogP contribution in [0.5, 0.6) is 5.75 Å². The molecule has 7 heteroatoms. The van der Waals surface area contributed by atoms with E-state index in [0.29, 0.717) is 19.7 Å². The lowest BCUT2D eigenvalue weighted by molar-refractivity contribution is -0.136. The van der Waals surface area contributed by atoms with Crippen molar-refractivity contribution in [1.29, 1.82) is 0 Å². The molecule has 1 saturated heterocycles. The first-order valence-corrected chi connectivity index (χ1v) is 8.25. The number of H-pyrrole nitrogens is 1. The average Bonchev–Trinajstić information content (AvgIpc) is 2.91. The molecular weight excluding hydrogens is 322 g/mol. The van der Waals surface area contributed by atoms with Crippen molar-refractivity contribution < 1.29 is 14.3 Å². The van der Waals surface area contributed by atoms with E-state index in [1.807, 2.05) is 44.2 Å². The van der Waals surface area contributed by atoms with Crippen LogP contribution in [0.3, 0.4) is 0 Å². The van der Waals surface area contributed by atoms with Crippen LogP contribution in [0.25, 0.3) is 0 Å². The van der Waals surface area contributed by atoms with Gasteiger partial charge < -0.3 is 23.9 Å². The molecule has 25 heavy (non-hydrogen) atoms. The maximum absolute atomic E-state index is 12.7. The van der Waals surface area contributed by atoms with Crippen LogP contribution in [-0.4, -0.2) is 51.8 Å². The summed E-state index contributed by atoms with van der Waals surface area (Å²) in [6, 6.07) is 9.50. The van der Waals surface area contributed by atoms with E-state index in [-0.39, 0.29) is 23.4 Å². The van der Waals surface area contributed by atoms with Gasteiger partial charge >= 0.3 is 5.69 Å². The number of carbonyl (C=O) groups excluding carboxylic acids is 1. The van der Waals surface area contributed by atoms with Crippen molar-refractivity contribution in [2.75, 3.05) is 19.7 Å². The summed E-state index contributed by atoms with van der Waals surface area (Å²) in [4.78, 5) is 28.6. The van der Waals surface area contributed by atoms with Gasteiger partial charge in [-0.2, -0.15) is 0 Å². The summed E-state index contributed by atoms with van der Waals surface area (Å²) in [5.41, 5.74) is -0.513. The Kier molecular flexibility index (Phi) is 4.67. The van der Waals surface area contributed by atoms with Crippen LogP contribution in [0.15, 0.2) is 41.3 Å². The molecule has 1 amide bonds. The summed E-state index contributed by atoms with van der Waals surface area (Å²) in [6.07, 6.45) is 1.27. The number of nitrogens with zero attached hydrogens (tertiary/aromatic N) is 2. The number of aromatic nitrogens is 2. The third-order valence-electron chi connectivity index (χ3n) is 4.06. The van der Waals surface area contributed by atoms with Gasteiger partial charge in [-0.1, -0.05) is 18.2 Å². The number of hydrogen-bond acceptors (Lipinski definition) is 4. The second-order valence-corrected chi connectivity index (χ2v) is 6.89. The molecule has 0 bridgehead atoms. The Labute approximate surface area is 146 Å². The van der Waals surface area contributed by atoms with E-state index in [0.717, 1.165) is 5.75 Å². The molecule has 3 rings (SSSR count). The predicted molar refractivity (Wildman–Crippen MR) is 92.8 cm³/mol. The normalized spacial score (nSPS) is 19.6. The number of rotatable bonds is 4. The molecular formula is C18H23N3O4. The van der Waals surface area contributed by atoms with E-state index >= 15 is 0 Å². The van der Waals surface area contributed by atoms with E-state index < -0.39 is 5.60 Å². The van der Waals surface area contributed by atoms with Crippen molar-refractivity contribution in [1.82, 2.24) is 14.5 Å². The molecule has 7 nitrogen and oxygen atoms in total. The van der Waals surface area contributed by atoms with Gasteiger partial charge in [0.15, 0.2) is 0 Å². The van der Waals surface area contributed by atoms with Crippen LogP contribution in [0.2, 0.25) is 0 Å². The van der Waals surface area contributed by atoms with E-state index in [4.69, 9.17) is 9.47 Å². The Hall–Kier alpha value is -2.54. The van der Waals surface area contributed by atoms with Crippen LogP contribution in [0.1, 0.15) is 24.3 Å². The van der Waals surface area contributed by atoms with Crippen LogP contribution in [0.4, 0.5) is 0 Å². The Balaban J connectivity index is 1.70. The fourth-order valence-electron chi connectivity index (χ4n) is 3.01. The van der Waals surface area contributed by atoms with Crippen LogP contribution in [0, 0.1) is 0 Å². The summed E-state index contributed by atoms with van der Waals surface area (Å²) in [7, 11) is 1.61. The monoisotopic (exact) mass is 345 g/mol. The van der Waals surface area contributed by atoms with Gasteiger partial charge in [0.25, 0.3) is 5.91 Å². The lowest BCUT2D eigenvalue weighted by atomic mass is 10.0. The highest BCUT2D eigenvalue weighted by molar-refractivity contribution is 5.92. The fourth-order valence-corrected chi connectivity index (χ4v) is 3.01. The van der Waals surface area contributed by atoms with Gasteiger partial charge in [-0.3, -0.25) is 4.79 Å². The zero-order valence-corrected chi connectivity index (χ0v) is 14.7. The van der Waals surface area contributed by atoms with Crippen molar-refractivity contribution in [3.05, 3.63) is 52.7 Å². The molecule has 1 atom stereocenters. The number of benzene rings is 1. The van der Waals surface area contributed by atoms with Gasteiger partial charge in [-0.15, -0.1) is 0 Å². The molecule has 1 fully saturated rings. The fraction of sp³-hybridized carbons (Fsp3) is 0.444. The first kappa shape index (κ1) is 17.3. The number of amides is 1. The minimum absolute atomic E-state index is 0.209. The van der Waals surface area contributed by atoms with Crippen molar-refractivity contribution in [3.63, 3.8) is 0 Å². The third-order valence-corrected chi connectivity index (χ3v) is 4.06. The first-order chi connectivity index (χ1) is 11.8. The highest BCUT2D eigenvalue weighted by Gasteiger charge is 2.36. The minimum atomic E-state index is -0.492. The quantitative estimate of drug-likeness (QED) is 0.909. The summed E-state index contributed by atoms with van der Waals surface area (Å²) in [5.74, 6) is 0.554. The minimum Gasteiger partial charge on any atom is -0.491 e. The largest absolute Gasteiger partial charge is 0.491 e. The summed E-state index contributed by atoms with van der Waals surface area (Å²) >= 11 is 0. The number of carbonyl (C=O) groups is 1. The zero-order valence-electron chi connectivity index (χ0n) is 14.7. The van der Waals surface area contributed by atoms with Gasteiger partial charge in [0.2, 0.25) is 0 Å². The van der Waals surface area contributed by atoms with Crippen molar-refractivity contribution in [2.45, 2.75) is 25.6 Å². The molecule has 1 aromatic carbocycles. The van der Waals surface area contributed by atoms with E-state index in [1.165, 1.54) is 10.8 Å². The van der Waals surface area contributed by atoms with Gasteiger partial charge in [0, 0.05) is 19.8 Å². The summed E-state index contributed by atoms with van der Waals surface area (Å²) in [6.45, 7) is 5.09. The maximum Gasteiger partial charge on any atom is 0.325 e. The average molecular weight is 345 g/mol. The van der Waals surface area contributed by atoms with Crippen molar-refractivity contribution >= 4 is 5.91 Å². The lowest BCUT2D eigenvalue weighted by Crippen LogP contribution is -2.56. The summed E-state index contributed by atoms with van der Waals surface area (Å²) in [5, 5.41) is 0. The van der Waals surface area contributed by atoms with Crippen molar-refractivity contribution in [3.8, 4) is 5.75 Å². The van der Waals surface area contributed by atoms with Gasteiger partial charge in [-0.05, 0) is 26.0 Å². The standard InChI is InChI=1S/C18H23N3O4/c1-18(2)12-21(16(22)15-10-20(3)17(23)19-15)9-14(25-18)11-24-13-7-5-4-6-8-13/h4-8,10,14H,9,11-12H2,1-3H3,(H,19,23). The highest BCUT2D eigenvalue weighted by atomic mass is 16.5. The first-order valence-electron chi connectivity index (χ1n) is 8.25. The Bertz CT molecular complexity index is 794. The van der Waals surface area contributed by atoms with Gasteiger partial charge in [0.1, 0.15) is 24.2 Å². The number of nitrogens with one attached hydrogen (secondary N) is 1. The molecule has 0 aliphatic carbocycles. The van der Waals surface area contributed by atoms with E-state index in [2.05, 4.69) is 4.98 Å². The molecule has 0 radical (unpaired) electrons. The van der Waals surface area contributed by atoms with Crippen LogP contribution in [-0.2, 0) is 11.8 Å². The molecule has 0 spiro atoms.